The van der Waals surface area contributed by atoms with Crippen LogP contribution in [0.25, 0.3) is 11.8 Å². The lowest BCUT2D eigenvalue weighted by atomic mass is 9.69. The van der Waals surface area contributed by atoms with Gasteiger partial charge in [-0.25, -0.2) is 9.07 Å². The molecule has 1 aromatic heterocycles. The summed E-state index contributed by atoms with van der Waals surface area (Å²) < 4.78 is 15.2. The third kappa shape index (κ3) is 3.07. The molecule has 0 aliphatic heterocycles. The Morgan fingerprint density at radius 2 is 2.07 bits per heavy atom. The smallest absolute Gasteiger partial charge is 0.226 e. The Hall–Kier alpha value is -2.43. The number of nitrogens with zero attached hydrogens (tertiary/aromatic N) is 3. The van der Waals surface area contributed by atoms with Crippen molar-refractivity contribution in [1.82, 2.24) is 14.7 Å². The molecule has 5 heteroatoms. The van der Waals surface area contributed by atoms with Crippen LogP contribution in [0.1, 0.15) is 44.9 Å². The van der Waals surface area contributed by atoms with E-state index in [1.807, 2.05) is 22.8 Å². The number of aromatic nitrogens is 2. The third-order valence-corrected chi connectivity index (χ3v) is 6.34. The molecule has 1 fully saturated rings. The van der Waals surface area contributed by atoms with Gasteiger partial charge in [0, 0.05) is 24.9 Å². The van der Waals surface area contributed by atoms with Gasteiger partial charge in [0.2, 0.25) is 5.91 Å². The van der Waals surface area contributed by atoms with E-state index in [-0.39, 0.29) is 23.1 Å². The largest absolute Gasteiger partial charge is 0.345 e. The second kappa shape index (κ2) is 6.87. The van der Waals surface area contributed by atoms with Gasteiger partial charge in [0.1, 0.15) is 5.82 Å². The molecular formula is C23H28FN3O. The number of carbonyl (C=O) groups excluding carboxylic acids is 1. The summed E-state index contributed by atoms with van der Waals surface area (Å²) in [6.45, 7) is 7.30. The molecule has 1 saturated carbocycles. The summed E-state index contributed by atoms with van der Waals surface area (Å²) in [5, 5.41) is 4.55. The van der Waals surface area contributed by atoms with E-state index in [1.165, 1.54) is 17.7 Å². The number of halogens is 1. The number of rotatable bonds is 4. The van der Waals surface area contributed by atoms with Crippen LogP contribution >= 0.6 is 0 Å². The molecular weight excluding hydrogens is 353 g/mol. The van der Waals surface area contributed by atoms with Crippen LogP contribution in [0.5, 0.6) is 0 Å². The van der Waals surface area contributed by atoms with Crippen molar-refractivity contribution in [3.8, 4) is 5.69 Å². The fourth-order valence-electron chi connectivity index (χ4n) is 4.93. The minimum Gasteiger partial charge on any atom is -0.345 e. The number of amides is 1. The maximum atomic E-state index is 13.3. The van der Waals surface area contributed by atoms with Crippen molar-refractivity contribution in [1.29, 1.82) is 0 Å². The topological polar surface area (TPSA) is 38.1 Å². The second-order valence-corrected chi connectivity index (χ2v) is 8.91. The minimum atomic E-state index is -0.252. The summed E-state index contributed by atoms with van der Waals surface area (Å²) >= 11 is 0. The molecule has 4 rings (SSSR count). The van der Waals surface area contributed by atoms with Crippen LogP contribution in [0.15, 0.2) is 36.0 Å². The molecule has 2 aromatic rings. The van der Waals surface area contributed by atoms with Gasteiger partial charge in [-0.15, -0.1) is 0 Å². The van der Waals surface area contributed by atoms with Gasteiger partial charge in [-0.3, -0.25) is 4.79 Å². The highest BCUT2D eigenvalue weighted by Crippen LogP contribution is 2.53. The number of hydrogen-bond acceptors (Lipinski definition) is 2. The quantitative estimate of drug-likeness (QED) is 0.783. The third-order valence-electron chi connectivity index (χ3n) is 6.34. The molecule has 0 unspecified atom stereocenters. The van der Waals surface area contributed by atoms with Gasteiger partial charge in [0.25, 0.3) is 0 Å². The van der Waals surface area contributed by atoms with Gasteiger partial charge in [-0.05, 0) is 61.1 Å². The van der Waals surface area contributed by atoms with Crippen LogP contribution in [-0.2, 0) is 11.2 Å². The summed E-state index contributed by atoms with van der Waals surface area (Å²) in [7, 11) is 1.92. The molecule has 4 nitrogen and oxygen atoms in total. The number of hydrogen-bond donors (Lipinski definition) is 0. The van der Waals surface area contributed by atoms with Gasteiger partial charge in [-0.1, -0.05) is 26.3 Å². The SMILES string of the molecule is CC(C)CN(C)C(=O)[C@H]1CCC2=Cc3c(cnn3-c3ccc(F)cc3)C[C@@]21C. The normalized spacial score (nSPS) is 23.4. The highest BCUT2D eigenvalue weighted by atomic mass is 19.1. The molecule has 0 saturated heterocycles. The molecule has 1 heterocycles. The van der Waals surface area contributed by atoms with E-state index in [1.54, 1.807) is 12.1 Å². The summed E-state index contributed by atoms with van der Waals surface area (Å²) in [4.78, 5) is 15.1. The lowest BCUT2D eigenvalue weighted by Crippen LogP contribution is -2.42. The van der Waals surface area contributed by atoms with Crippen LogP contribution in [0.2, 0.25) is 0 Å². The number of carbonyl (C=O) groups is 1. The summed E-state index contributed by atoms with van der Waals surface area (Å²) in [6.07, 6.45) is 6.77. The van der Waals surface area contributed by atoms with Crippen molar-refractivity contribution in [2.24, 2.45) is 17.3 Å². The van der Waals surface area contributed by atoms with Crippen molar-refractivity contribution in [2.45, 2.75) is 40.0 Å². The molecule has 1 amide bonds. The van der Waals surface area contributed by atoms with Crippen LogP contribution < -0.4 is 0 Å². The number of benzene rings is 1. The van der Waals surface area contributed by atoms with Crippen molar-refractivity contribution in [3.05, 3.63) is 53.1 Å². The first-order valence-electron chi connectivity index (χ1n) is 10.1. The Labute approximate surface area is 166 Å². The molecule has 148 valence electrons. The molecule has 2 aliphatic rings. The van der Waals surface area contributed by atoms with E-state index in [0.717, 1.165) is 42.8 Å². The average Bonchev–Trinajstić information content (AvgIpc) is 3.18. The zero-order valence-corrected chi connectivity index (χ0v) is 17.1. The zero-order chi connectivity index (χ0) is 20.1. The first kappa shape index (κ1) is 18.9. The molecule has 0 bridgehead atoms. The molecule has 0 radical (unpaired) electrons. The van der Waals surface area contributed by atoms with E-state index in [4.69, 9.17) is 0 Å². The van der Waals surface area contributed by atoms with Gasteiger partial charge in [-0.2, -0.15) is 5.10 Å². The molecule has 0 N–H and O–H groups in total. The zero-order valence-electron chi connectivity index (χ0n) is 17.1. The van der Waals surface area contributed by atoms with Crippen LogP contribution in [0, 0.1) is 23.1 Å². The van der Waals surface area contributed by atoms with Gasteiger partial charge in [0.05, 0.1) is 17.6 Å². The van der Waals surface area contributed by atoms with E-state index < -0.39 is 0 Å². The number of allylic oxidation sites excluding steroid dienone is 1. The average molecular weight is 381 g/mol. The van der Waals surface area contributed by atoms with Crippen LogP contribution in [-0.4, -0.2) is 34.2 Å². The standard InChI is InChI=1S/C23H28FN3O/c1-15(2)14-26(4)22(28)20-10-5-17-11-21-16(12-23(17,20)3)13-25-27(21)19-8-6-18(24)7-9-19/h6-9,11,13,15,20H,5,10,12,14H2,1-4H3/t20-,23+/m1/s1. The highest BCUT2D eigenvalue weighted by Gasteiger charge is 2.49. The summed E-state index contributed by atoms with van der Waals surface area (Å²) in [5.41, 5.74) is 4.25. The minimum absolute atomic E-state index is 0.0184. The lowest BCUT2D eigenvalue weighted by Gasteiger charge is -2.37. The van der Waals surface area contributed by atoms with E-state index >= 15 is 0 Å². The van der Waals surface area contributed by atoms with E-state index in [9.17, 15) is 9.18 Å². The Kier molecular flexibility index (Phi) is 4.64. The molecule has 0 spiro atoms. The van der Waals surface area contributed by atoms with Crippen LogP contribution in [0.3, 0.4) is 0 Å². The first-order chi connectivity index (χ1) is 13.3. The lowest BCUT2D eigenvalue weighted by molar-refractivity contribution is -0.137. The fourth-order valence-corrected chi connectivity index (χ4v) is 4.93. The molecule has 28 heavy (non-hydrogen) atoms. The van der Waals surface area contributed by atoms with Gasteiger partial charge in [0.15, 0.2) is 0 Å². The monoisotopic (exact) mass is 381 g/mol. The Bertz CT molecular complexity index is 928. The second-order valence-electron chi connectivity index (χ2n) is 8.91. The van der Waals surface area contributed by atoms with Gasteiger partial charge < -0.3 is 4.90 Å². The number of fused-ring (bicyclic) bond motifs is 2. The van der Waals surface area contributed by atoms with Crippen molar-refractivity contribution in [2.75, 3.05) is 13.6 Å². The molecule has 1 aromatic carbocycles. The maximum absolute atomic E-state index is 13.3. The summed E-state index contributed by atoms with van der Waals surface area (Å²) in [6, 6.07) is 6.41. The van der Waals surface area contributed by atoms with Crippen LogP contribution in [0.4, 0.5) is 4.39 Å². The van der Waals surface area contributed by atoms with E-state index in [0.29, 0.717) is 5.92 Å². The Morgan fingerprint density at radius 3 is 2.75 bits per heavy atom. The fraction of sp³-hybridized carbons (Fsp3) is 0.478. The molecule has 2 aliphatic carbocycles. The predicted molar refractivity (Wildman–Crippen MR) is 109 cm³/mol. The maximum Gasteiger partial charge on any atom is 0.226 e. The predicted octanol–water partition coefficient (Wildman–Crippen LogP) is 4.48. The van der Waals surface area contributed by atoms with E-state index in [2.05, 4.69) is 31.9 Å². The summed E-state index contributed by atoms with van der Waals surface area (Å²) in [5.74, 6) is 0.488. The Morgan fingerprint density at radius 1 is 1.36 bits per heavy atom. The molecule has 2 atom stereocenters. The van der Waals surface area contributed by atoms with Gasteiger partial charge >= 0.3 is 0 Å². The van der Waals surface area contributed by atoms with Crippen molar-refractivity contribution in [3.63, 3.8) is 0 Å². The Balaban J connectivity index is 1.65. The van der Waals surface area contributed by atoms with Crippen molar-refractivity contribution >= 4 is 12.0 Å². The van der Waals surface area contributed by atoms with Crippen molar-refractivity contribution < 1.29 is 9.18 Å². The highest BCUT2D eigenvalue weighted by molar-refractivity contribution is 5.82. The first-order valence-corrected chi connectivity index (χ1v) is 10.1.